The van der Waals surface area contributed by atoms with Gasteiger partial charge in [-0.05, 0) is 90.4 Å². The summed E-state index contributed by atoms with van der Waals surface area (Å²) in [7, 11) is 0. The van der Waals surface area contributed by atoms with E-state index < -0.39 is 0 Å². The first-order valence-corrected chi connectivity index (χ1v) is 9.15. The molecule has 0 bridgehead atoms. The number of rotatable bonds is 5. The topological polar surface area (TPSA) is 33.3 Å². The summed E-state index contributed by atoms with van der Waals surface area (Å²) in [4.78, 5) is 0. The van der Waals surface area contributed by atoms with Crippen LogP contribution < -0.4 is 15.4 Å². The second kappa shape index (κ2) is 8.70. The number of nitrogens with one attached hydrogen (secondary N) is 2. The summed E-state index contributed by atoms with van der Waals surface area (Å²) in [6.07, 6.45) is 0. The van der Waals surface area contributed by atoms with E-state index in [1.54, 1.807) is 0 Å². The molecule has 0 aliphatic heterocycles. The van der Waals surface area contributed by atoms with Crippen LogP contribution in [-0.4, -0.2) is 17.8 Å². The van der Waals surface area contributed by atoms with Crippen LogP contribution in [0.5, 0.6) is 5.75 Å². The van der Waals surface area contributed by atoms with E-state index in [1.807, 2.05) is 37.3 Å². The third-order valence-electron chi connectivity index (χ3n) is 3.53. The van der Waals surface area contributed by atoms with Gasteiger partial charge in [-0.25, -0.2) is 0 Å². The molecule has 0 saturated carbocycles. The molecule has 0 aliphatic carbocycles. The summed E-state index contributed by atoms with van der Waals surface area (Å²) in [5.74, 6) is 0.866. The molecule has 0 amide bonds. The van der Waals surface area contributed by atoms with Gasteiger partial charge in [0.2, 0.25) is 0 Å². The van der Waals surface area contributed by atoms with Crippen molar-refractivity contribution in [3.63, 3.8) is 0 Å². The van der Waals surface area contributed by atoms with Gasteiger partial charge in [0.15, 0.2) is 5.11 Å². The molecule has 1 unspecified atom stereocenters. The average Bonchev–Trinajstić information content (AvgIpc) is 2.52. The Morgan fingerprint density at radius 1 is 1.21 bits per heavy atom. The summed E-state index contributed by atoms with van der Waals surface area (Å²) in [6.45, 7) is 6.70. The normalized spacial score (nSPS) is 11.7. The number of hydrogen-bond donors (Lipinski definition) is 2. The summed E-state index contributed by atoms with van der Waals surface area (Å²) in [5.41, 5.74) is 3.31. The van der Waals surface area contributed by atoms with Gasteiger partial charge in [0, 0.05) is 10.2 Å². The lowest BCUT2D eigenvalue weighted by Crippen LogP contribution is -2.39. The van der Waals surface area contributed by atoms with Crippen LogP contribution in [0.1, 0.15) is 18.1 Å². The monoisotopic (exact) mass is 426 g/mol. The molecule has 2 rings (SSSR count). The molecular formula is C18H20BrClN2OS. The van der Waals surface area contributed by atoms with E-state index >= 15 is 0 Å². The fourth-order valence-corrected chi connectivity index (χ4v) is 2.78. The second-order valence-electron chi connectivity index (χ2n) is 5.69. The summed E-state index contributed by atoms with van der Waals surface area (Å²) < 4.78 is 6.66. The fraction of sp³-hybridized carbons (Fsp3) is 0.278. The molecule has 2 aromatic rings. The Labute approximate surface area is 161 Å². The van der Waals surface area contributed by atoms with E-state index in [0.717, 1.165) is 15.9 Å². The van der Waals surface area contributed by atoms with Crippen molar-refractivity contribution in [1.29, 1.82) is 0 Å². The molecule has 0 saturated heterocycles. The van der Waals surface area contributed by atoms with Crippen LogP contribution in [0, 0.1) is 13.8 Å². The van der Waals surface area contributed by atoms with Crippen molar-refractivity contribution < 1.29 is 4.74 Å². The van der Waals surface area contributed by atoms with Crippen molar-refractivity contribution in [2.75, 3.05) is 11.9 Å². The van der Waals surface area contributed by atoms with Crippen molar-refractivity contribution >= 4 is 50.5 Å². The van der Waals surface area contributed by atoms with E-state index in [0.29, 0.717) is 16.7 Å². The van der Waals surface area contributed by atoms with Gasteiger partial charge < -0.3 is 15.4 Å². The lowest BCUT2D eigenvalue weighted by Gasteiger charge is -2.18. The molecule has 0 aromatic heterocycles. The maximum absolute atomic E-state index is 6.07. The highest BCUT2D eigenvalue weighted by Gasteiger charge is 2.07. The Morgan fingerprint density at radius 3 is 2.62 bits per heavy atom. The third kappa shape index (κ3) is 5.65. The van der Waals surface area contributed by atoms with Gasteiger partial charge in [0.25, 0.3) is 0 Å². The number of thiocarbonyl (C=S) groups is 1. The van der Waals surface area contributed by atoms with Crippen molar-refractivity contribution in [3.05, 3.63) is 57.0 Å². The zero-order valence-electron chi connectivity index (χ0n) is 13.8. The van der Waals surface area contributed by atoms with Crippen LogP contribution in [0.4, 0.5) is 5.69 Å². The van der Waals surface area contributed by atoms with Crippen LogP contribution in [-0.2, 0) is 0 Å². The Bertz CT molecular complexity index is 739. The largest absolute Gasteiger partial charge is 0.491 e. The molecule has 0 spiro atoms. The predicted molar refractivity (Wildman–Crippen MR) is 109 cm³/mol. The molecule has 128 valence electrons. The first kappa shape index (κ1) is 19.0. The van der Waals surface area contributed by atoms with Gasteiger partial charge in [0.05, 0.1) is 11.1 Å². The number of benzene rings is 2. The Morgan fingerprint density at radius 2 is 1.96 bits per heavy atom. The van der Waals surface area contributed by atoms with Gasteiger partial charge in [-0.2, -0.15) is 0 Å². The van der Waals surface area contributed by atoms with Crippen molar-refractivity contribution in [2.24, 2.45) is 0 Å². The molecule has 24 heavy (non-hydrogen) atoms. The maximum atomic E-state index is 6.07. The number of aryl methyl sites for hydroxylation is 2. The Balaban J connectivity index is 1.82. The highest BCUT2D eigenvalue weighted by molar-refractivity contribution is 9.10. The highest BCUT2D eigenvalue weighted by atomic mass is 79.9. The smallest absolute Gasteiger partial charge is 0.171 e. The van der Waals surface area contributed by atoms with E-state index in [-0.39, 0.29) is 6.04 Å². The number of hydrogen-bond acceptors (Lipinski definition) is 2. The van der Waals surface area contributed by atoms with Gasteiger partial charge in [-0.1, -0.05) is 17.7 Å². The molecule has 0 aliphatic rings. The summed E-state index contributed by atoms with van der Waals surface area (Å²) in [5, 5.41) is 7.48. The highest BCUT2D eigenvalue weighted by Crippen LogP contribution is 2.25. The number of ether oxygens (including phenoxy) is 1. The molecule has 2 aromatic carbocycles. The molecule has 6 heteroatoms. The quantitative estimate of drug-likeness (QED) is 0.620. The molecule has 0 fully saturated rings. The van der Waals surface area contributed by atoms with E-state index in [9.17, 15) is 0 Å². The van der Waals surface area contributed by atoms with Crippen LogP contribution in [0.15, 0.2) is 40.9 Å². The van der Waals surface area contributed by atoms with Crippen molar-refractivity contribution in [1.82, 2.24) is 5.32 Å². The number of anilines is 1. The summed E-state index contributed by atoms with van der Waals surface area (Å²) in [6, 6.07) is 11.7. The maximum Gasteiger partial charge on any atom is 0.171 e. The second-order valence-corrected chi connectivity index (χ2v) is 7.36. The van der Waals surface area contributed by atoms with Gasteiger partial charge in [-0.3, -0.25) is 0 Å². The molecule has 0 heterocycles. The van der Waals surface area contributed by atoms with Crippen LogP contribution in [0.2, 0.25) is 5.02 Å². The lowest BCUT2D eigenvalue weighted by molar-refractivity contribution is 0.287. The zero-order valence-corrected chi connectivity index (χ0v) is 17.0. The minimum Gasteiger partial charge on any atom is -0.491 e. The minimum atomic E-state index is 0.0672. The molecule has 1 atom stereocenters. The van der Waals surface area contributed by atoms with Gasteiger partial charge in [0.1, 0.15) is 12.4 Å². The Kier molecular flexibility index (Phi) is 6.90. The van der Waals surface area contributed by atoms with Crippen LogP contribution >= 0.6 is 39.7 Å². The number of halogens is 2. The van der Waals surface area contributed by atoms with E-state index in [1.165, 1.54) is 11.1 Å². The van der Waals surface area contributed by atoms with Crippen LogP contribution in [0.3, 0.4) is 0 Å². The lowest BCUT2D eigenvalue weighted by atomic mass is 10.1. The molecular weight excluding hydrogens is 408 g/mol. The third-order valence-corrected chi connectivity index (χ3v) is 4.99. The zero-order chi connectivity index (χ0) is 17.7. The van der Waals surface area contributed by atoms with E-state index in [4.69, 9.17) is 28.6 Å². The Hall–Kier alpha value is -1.30. The van der Waals surface area contributed by atoms with Crippen molar-refractivity contribution in [2.45, 2.75) is 26.8 Å². The summed E-state index contributed by atoms with van der Waals surface area (Å²) >= 11 is 14.8. The average molecular weight is 428 g/mol. The standard InChI is InChI=1S/C18H20BrClN2OS/c1-11-4-6-15(8-12(11)2)23-10-13(3)21-18(24)22-14-5-7-16(19)17(20)9-14/h4-9,13H,10H2,1-3H3,(H2,21,22,24). The first-order chi connectivity index (χ1) is 11.3. The predicted octanol–water partition coefficient (Wildman–Crippen LogP) is 5.47. The van der Waals surface area contributed by atoms with Gasteiger partial charge in [-0.15, -0.1) is 0 Å². The SMILES string of the molecule is Cc1ccc(OCC(C)NC(=S)Nc2ccc(Br)c(Cl)c2)cc1C. The molecule has 3 nitrogen and oxygen atoms in total. The van der Waals surface area contributed by atoms with Crippen LogP contribution in [0.25, 0.3) is 0 Å². The fourth-order valence-electron chi connectivity index (χ4n) is 2.03. The van der Waals surface area contributed by atoms with Crippen molar-refractivity contribution in [3.8, 4) is 5.75 Å². The van der Waals surface area contributed by atoms with Gasteiger partial charge >= 0.3 is 0 Å². The molecule has 2 N–H and O–H groups in total. The minimum absolute atomic E-state index is 0.0672. The first-order valence-electron chi connectivity index (χ1n) is 7.58. The van der Waals surface area contributed by atoms with E-state index in [2.05, 4.69) is 46.5 Å². The molecule has 0 radical (unpaired) electrons.